The Morgan fingerprint density at radius 3 is 1.86 bits per heavy atom. The van der Waals surface area contributed by atoms with Crippen LogP contribution in [0.2, 0.25) is 0 Å². The lowest BCUT2D eigenvalue weighted by Gasteiger charge is -2.30. The topological polar surface area (TPSA) is 0 Å². The molecular weight excluding hydrogens is 336 g/mol. The molecule has 2 unspecified atom stereocenters. The molecular formula is C28H28. The summed E-state index contributed by atoms with van der Waals surface area (Å²) in [5.74, 6) is 0.723. The van der Waals surface area contributed by atoms with Crippen LogP contribution in [0.3, 0.4) is 0 Å². The first kappa shape index (κ1) is 18.5. The molecule has 0 nitrogen and oxygen atoms in total. The number of rotatable bonds is 5. The van der Waals surface area contributed by atoms with Gasteiger partial charge in [0, 0.05) is 11.8 Å². The van der Waals surface area contributed by atoms with Gasteiger partial charge in [-0.15, -0.1) is 0 Å². The summed E-state index contributed by atoms with van der Waals surface area (Å²) in [5.41, 5.74) is 8.49. The van der Waals surface area contributed by atoms with E-state index in [1.165, 1.54) is 33.4 Å². The van der Waals surface area contributed by atoms with Crippen LogP contribution in [0.1, 0.15) is 53.5 Å². The third kappa shape index (κ3) is 3.60. The van der Waals surface area contributed by atoms with Crippen LogP contribution in [-0.2, 0) is 12.8 Å². The molecule has 28 heavy (non-hydrogen) atoms. The van der Waals surface area contributed by atoms with Gasteiger partial charge >= 0.3 is 0 Å². The van der Waals surface area contributed by atoms with Crippen molar-refractivity contribution in [3.63, 3.8) is 0 Å². The van der Waals surface area contributed by atoms with Crippen LogP contribution in [0.4, 0.5) is 0 Å². The Labute approximate surface area is 169 Å². The summed E-state index contributed by atoms with van der Waals surface area (Å²) < 4.78 is 0. The molecule has 0 radical (unpaired) electrons. The normalized spacial score (nSPS) is 18.7. The van der Waals surface area contributed by atoms with E-state index in [-0.39, 0.29) is 0 Å². The summed E-state index contributed by atoms with van der Waals surface area (Å²) in [7, 11) is 0. The van der Waals surface area contributed by atoms with Crippen LogP contribution in [0.25, 0.3) is 5.57 Å². The van der Waals surface area contributed by atoms with Crippen molar-refractivity contribution in [1.29, 1.82) is 0 Å². The summed E-state index contributed by atoms with van der Waals surface area (Å²) in [5, 5.41) is 0. The molecule has 0 amide bonds. The molecule has 4 rings (SSSR count). The number of aryl methyl sites for hydroxylation is 2. The highest BCUT2D eigenvalue weighted by atomic mass is 14.3. The zero-order valence-electron chi connectivity index (χ0n) is 16.8. The maximum atomic E-state index is 2.50. The number of hydrogen-bond acceptors (Lipinski definition) is 0. The lowest BCUT2D eigenvalue weighted by molar-refractivity contribution is 0.714. The van der Waals surface area contributed by atoms with Crippen molar-refractivity contribution in [2.24, 2.45) is 0 Å². The van der Waals surface area contributed by atoms with E-state index in [1.54, 1.807) is 0 Å². The van der Waals surface area contributed by atoms with Gasteiger partial charge in [0.15, 0.2) is 0 Å². The summed E-state index contributed by atoms with van der Waals surface area (Å²) in [6.45, 7) is 4.55. The van der Waals surface area contributed by atoms with Crippen LogP contribution in [0, 0.1) is 0 Å². The highest BCUT2D eigenvalue weighted by Gasteiger charge is 2.27. The Kier molecular flexibility index (Phi) is 5.58. The van der Waals surface area contributed by atoms with Crippen molar-refractivity contribution in [2.45, 2.75) is 38.5 Å². The number of benzene rings is 3. The Bertz CT molecular complexity index is 955. The molecule has 0 saturated heterocycles. The second-order valence-electron chi connectivity index (χ2n) is 7.51. The fourth-order valence-electron chi connectivity index (χ4n) is 4.47. The van der Waals surface area contributed by atoms with E-state index in [9.17, 15) is 0 Å². The van der Waals surface area contributed by atoms with Gasteiger partial charge in [-0.3, -0.25) is 0 Å². The molecule has 0 bridgehead atoms. The van der Waals surface area contributed by atoms with Crippen LogP contribution in [-0.4, -0.2) is 0 Å². The van der Waals surface area contributed by atoms with E-state index >= 15 is 0 Å². The summed E-state index contributed by atoms with van der Waals surface area (Å²) in [6, 6.07) is 28.6. The summed E-state index contributed by atoms with van der Waals surface area (Å²) >= 11 is 0. The smallest absolute Gasteiger partial charge is 0.0136 e. The molecule has 0 N–H and O–H groups in total. The summed E-state index contributed by atoms with van der Waals surface area (Å²) in [6.07, 6.45) is 9.36. The Morgan fingerprint density at radius 1 is 0.643 bits per heavy atom. The molecule has 1 aliphatic carbocycles. The van der Waals surface area contributed by atoms with Crippen molar-refractivity contribution in [2.75, 3.05) is 0 Å². The van der Waals surface area contributed by atoms with Crippen LogP contribution < -0.4 is 0 Å². The average molecular weight is 365 g/mol. The molecule has 0 aromatic heterocycles. The Hall–Kier alpha value is -2.86. The zero-order valence-corrected chi connectivity index (χ0v) is 16.8. The van der Waals surface area contributed by atoms with E-state index in [0.29, 0.717) is 11.8 Å². The first-order valence-corrected chi connectivity index (χ1v) is 10.4. The Morgan fingerprint density at radius 2 is 1.25 bits per heavy atom. The Balaban J connectivity index is 1.88. The highest BCUT2D eigenvalue weighted by Crippen LogP contribution is 2.43. The van der Waals surface area contributed by atoms with E-state index in [2.05, 4.69) is 111 Å². The van der Waals surface area contributed by atoms with Gasteiger partial charge in [0.05, 0.1) is 0 Å². The van der Waals surface area contributed by atoms with Gasteiger partial charge in [-0.25, -0.2) is 0 Å². The van der Waals surface area contributed by atoms with Crippen LogP contribution in [0.5, 0.6) is 0 Å². The average Bonchev–Trinajstić information content (AvgIpc) is 2.79. The molecule has 0 saturated carbocycles. The number of hydrogen-bond donors (Lipinski definition) is 0. The lowest BCUT2D eigenvalue weighted by atomic mass is 9.73. The molecule has 0 heterocycles. The van der Waals surface area contributed by atoms with Gasteiger partial charge in [-0.2, -0.15) is 0 Å². The molecule has 2 atom stereocenters. The molecule has 0 fully saturated rings. The predicted octanol–water partition coefficient (Wildman–Crippen LogP) is 7.33. The highest BCUT2D eigenvalue weighted by molar-refractivity contribution is 5.77. The monoisotopic (exact) mass is 364 g/mol. The predicted molar refractivity (Wildman–Crippen MR) is 121 cm³/mol. The van der Waals surface area contributed by atoms with Crippen molar-refractivity contribution < 1.29 is 0 Å². The maximum Gasteiger partial charge on any atom is 0.0136 e. The largest absolute Gasteiger partial charge is 0.0755 e. The standard InChI is InChI=1S/C28H28/c1-3-21-16-11-17-22(4-2)28(21)27-20-25(23-12-7-5-8-13-23)18-19-26(27)24-14-9-6-10-15-24/h5-20,26-27H,3-4H2,1-2H3. The molecule has 1 aliphatic rings. The van der Waals surface area contributed by atoms with Gasteiger partial charge in [0.1, 0.15) is 0 Å². The molecule has 0 heteroatoms. The third-order valence-corrected chi connectivity index (χ3v) is 5.90. The van der Waals surface area contributed by atoms with E-state index in [0.717, 1.165) is 12.8 Å². The zero-order chi connectivity index (χ0) is 19.3. The van der Waals surface area contributed by atoms with Crippen LogP contribution in [0.15, 0.2) is 97.1 Å². The van der Waals surface area contributed by atoms with E-state index in [1.807, 2.05) is 0 Å². The first-order valence-electron chi connectivity index (χ1n) is 10.4. The van der Waals surface area contributed by atoms with Gasteiger partial charge < -0.3 is 0 Å². The van der Waals surface area contributed by atoms with E-state index < -0.39 is 0 Å². The second-order valence-corrected chi connectivity index (χ2v) is 7.51. The number of allylic oxidation sites excluding steroid dienone is 4. The quantitative estimate of drug-likeness (QED) is 0.444. The van der Waals surface area contributed by atoms with Crippen molar-refractivity contribution in [3.05, 3.63) is 125 Å². The fraction of sp³-hybridized carbons (Fsp3) is 0.214. The molecule has 140 valence electrons. The maximum absolute atomic E-state index is 2.50. The SMILES string of the molecule is CCc1cccc(CC)c1C1C=C(c2ccccc2)C=CC1c1ccccc1. The summed E-state index contributed by atoms with van der Waals surface area (Å²) in [4.78, 5) is 0. The van der Waals surface area contributed by atoms with E-state index in [4.69, 9.17) is 0 Å². The van der Waals surface area contributed by atoms with Gasteiger partial charge in [-0.1, -0.05) is 111 Å². The fourth-order valence-corrected chi connectivity index (χ4v) is 4.47. The molecule has 3 aromatic carbocycles. The van der Waals surface area contributed by atoms with Gasteiger partial charge in [-0.05, 0) is 46.2 Å². The molecule has 3 aromatic rings. The minimum absolute atomic E-state index is 0.355. The van der Waals surface area contributed by atoms with Gasteiger partial charge in [0.25, 0.3) is 0 Å². The van der Waals surface area contributed by atoms with Gasteiger partial charge in [0.2, 0.25) is 0 Å². The molecule has 0 aliphatic heterocycles. The molecule has 0 spiro atoms. The minimum Gasteiger partial charge on any atom is -0.0755 e. The minimum atomic E-state index is 0.355. The second kappa shape index (κ2) is 8.44. The van der Waals surface area contributed by atoms with Crippen molar-refractivity contribution >= 4 is 5.57 Å². The third-order valence-electron chi connectivity index (χ3n) is 5.90. The lowest BCUT2D eigenvalue weighted by Crippen LogP contribution is -2.15. The first-order chi connectivity index (χ1) is 13.8. The van der Waals surface area contributed by atoms with Crippen molar-refractivity contribution in [3.8, 4) is 0 Å². The van der Waals surface area contributed by atoms with Crippen molar-refractivity contribution in [1.82, 2.24) is 0 Å². The van der Waals surface area contributed by atoms with Crippen LogP contribution >= 0.6 is 0 Å².